The molecule has 5 N–H and O–H groups in total. The summed E-state index contributed by atoms with van der Waals surface area (Å²) in [5, 5.41) is 32.6. The number of aliphatic hydroxyl groups is 1. The van der Waals surface area contributed by atoms with E-state index in [1.165, 1.54) is 18.2 Å². The number of aromatic carboxylic acids is 1. The average molecular weight is 529 g/mol. The Bertz CT molecular complexity index is 1390. The number of aryl methyl sites for hydroxylation is 1. The highest BCUT2D eigenvalue weighted by atomic mass is 32.2. The number of hydrogen-bond donors (Lipinski definition) is 5. The second kappa shape index (κ2) is 11.6. The quantitative estimate of drug-likeness (QED) is 0.187. The Labute approximate surface area is 216 Å². The summed E-state index contributed by atoms with van der Waals surface area (Å²) in [5.41, 5.74) is 5.72. The van der Waals surface area contributed by atoms with Crippen LogP contribution in [-0.2, 0) is 10.0 Å². The molecule has 0 aliphatic carbocycles. The lowest BCUT2D eigenvalue weighted by Gasteiger charge is -2.18. The van der Waals surface area contributed by atoms with Gasteiger partial charge in [-0.2, -0.15) is 0 Å². The Morgan fingerprint density at radius 3 is 2.32 bits per heavy atom. The highest BCUT2D eigenvalue weighted by Gasteiger charge is 2.15. The lowest BCUT2D eigenvalue weighted by molar-refractivity contribution is 0.0697. The van der Waals surface area contributed by atoms with Crippen LogP contribution in [0, 0.1) is 20.8 Å². The van der Waals surface area contributed by atoms with Crippen molar-refractivity contribution in [1.29, 1.82) is 0 Å². The van der Waals surface area contributed by atoms with Crippen LogP contribution in [0.15, 0.2) is 48.5 Å². The van der Waals surface area contributed by atoms with E-state index in [1.54, 1.807) is 12.1 Å². The Morgan fingerprint density at radius 1 is 1.03 bits per heavy atom. The van der Waals surface area contributed by atoms with E-state index >= 15 is 0 Å². The third-order valence-electron chi connectivity index (χ3n) is 6.04. The van der Waals surface area contributed by atoms with Gasteiger partial charge in [0.25, 0.3) is 0 Å². The van der Waals surface area contributed by atoms with Crippen molar-refractivity contribution in [3.05, 3.63) is 76.3 Å². The molecule has 0 spiro atoms. The fourth-order valence-corrected chi connectivity index (χ4v) is 4.61. The number of aromatic hydroxyl groups is 1. The molecule has 3 aromatic carbocycles. The molecule has 0 bridgehead atoms. The molecule has 3 rings (SSSR count). The van der Waals surface area contributed by atoms with Crippen LogP contribution >= 0.6 is 0 Å². The number of carboxylic acids is 1. The first-order chi connectivity index (χ1) is 17.4. The minimum atomic E-state index is -3.57. The summed E-state index contributed by atoms with van der Waals surface area (Å²) < 4.78 is 31.1. The Hall–Kier alpha value is -3.60. The van der Waals surface area contributed by atoms with Crippen molar-refractivity contribution in [3.8, 4) is 22.6 Å². The molecule has 198 valence electrons. The Kier molecular flexibility index (Phi) is 8.80. The van der Waals surface area contributed by atoms with Gasteiger partial charge in [-0.3, -0.25) is 4.72 Å². The highest BCUT2D eigenvalue weighted by Crippen LogP contribution is 2.35. The third kappa shape index (κ3) is 7.22. The van der Waals surface area contributed by atoms with Crippen molar-refractivity contribution >= 4 is 21.7 Å². The highest BCUT2D eigenvalue weighted by molar-refractivity contribution is 7.92. The molecule has 9 nitrogen and oxygen atoms in total. The van der Waals surface area contributed by atoms with Crippen LogP contribution in [0.5, 0.6) is 11.5 Å². The van der Waals surface area contributed by atoms with Gasteiger partial charge in [0.15, 0.2) is 0 Å². The van der Waals surface area contributed by atoms with E-state index in [0.29, 0.717) is 18.7 Å². The number of hydrogen-bond acceptors (Lipinski definition) is 7. The summed E-state index contributed by atoms with van der Waals surface area (Å²) in [6.07, 6.45) is 0.0622. The molecule has 1 atom stereocenters. The van der Waals surface area contributed by atoms with Crippen LogP contribution in [0.25, 0.3) is 11.1 Å². The predicted molar refractivity (Wildman–Crippen MR) is 143 cm³/mol. The van der Waals surface area contributed by atoms with Crippen LogP contribution in [0.4, 0.5) is 5.69 Å². The van der Waals surface area contributed by atoms with Crippen molar-refractivity contribution in [2.75, 3.05) is 30.7 Å². The van der Waals surface area contributed by atoms with Gasteiger partial charge in [0.1, 0.15) is 18.1 Å². The molecule has 0 aromatic heterocycles. The number of benzene rings is 3. The zero-order valence-electron chi connectivity index (χ0n) is 21.2. The van der Waals surface area contributed by atoms with Gasteiger partial charge in [-0.15, -0.1) is 0 Å². The predicted octanol–water partition coefficient (Wildman–Crippen LogP) is 3.76. The lowest BCUT2D eigenvalue weighted by atomic mass is 9.91. The van der Waals surface area contributed by atoms with E-state index in [9.17, 15) is 23.4 Å². The molecule has 3 aromatic rings. The molecule has 10 heteroatoms. The second-order valence-electron chi connectivity index (χ2n) is 8.92. The van der Waals surface area contributed by atoms with E-state index in [4.69, 9.17) is 9.84 Å². The van der Waals surface area contributed by atoms with Crippen LogP contribution in [0.1, 0.15) is 38.7 Å². The summed E-state index contributed by atoms with van der Waals surface area (Å²) >= 11 is 0. The number of phenolic OH excluding ortho intramolecular Hbond substituents is 1. The first-order valence-corrected chi connectivity index (χ1v) is 13.5. The van der Waals surface area contributed by atoms with E-state index in [0.717, 1.165) is 39.8 Å². The number of carboxylic acid groups (broad SMARTS) is 1. The van der Waals surface area contributed by atoms with Crippen LogP contribution in [0.3, 0.4) is 0 Å². The fraction of sp³-hybridized carbons (Fsp3) is 0.296. The van der Waals surface area contributed by atoms with Crippen molar-refractivity contribution in [3.63, 3.8) is 0 Å². The first-order valence-electron chi connectivity index (χ1n) is 11.6. The first kappa shape index (κ1) is 28.0. The number of carbonyl (C=O) groups is 1. The third-order valence-corrected chi connectivity index (χ3v) is 6.64. The van der Waals surface area contributed by atoms with Crippen LogP contribution in [0.2, 0.25) is 0 Å². The van der Waals surface area contributed by atoms with Crippen LogP contribution in [-0.4, -0.2) is 55.7 Å². The van der Waals surface area contributed by atoms with Crippen molar-refractivity contribution in [2.45, 2.75) is 26.9 Å². The number of phenols is 1. The standard InChI is InChI=1S/C27H32N2O7S/c1-16-13-25(17(2)18(3)26(16)19-5-7-20(8-6-19)27(32)33)36-12-11-28-15-24(31)21-9-10-23(30)22(14-21)29-37(4,34)35/h5-10,13-14,24,28-31H,11-12,15H2,1-4H3,(H,32,33)/t24-/m1/s1. The smallest absolute Gasteiger partial charge is 0.335 e. The molecule has 37 heavy (non-hydrogen) atoms. The largest absolute Gasteiger partial charge is 0.506 e. The number of anilines is 1. The monoisotopic (exact) mass is 528 g/mol. The number of nitrogens with one attached hydrogen (secondary N) is 2. The van der Waals surface area contributed by atoms with Gasteiger partial charge in [0.05, 0.1) is 23.6 Å². The number of rotatable bonds is 11. The zero-order chi connectivity index (χ0) is 27.3. The summed E-state index contributed by atoms with van der Waals surface area (Å²) in [4.78, 5) is 11.1. The SMILES string of the molecule is Cc1cc(OCCNC[C@@H](O)c2ccc(O)c(NS(C)(=O)=O)c2)c(C)c(C)c1-c1ccc(C(=O)O)cc1. The Balaban J connectivity index is 1.58. The van der Waals surface area contributed by atoms with Crippen molar-refractivity contribution in [2.24, 2.45) is 0 Å². The number of ether oxygens (including phenoxy) is 1. The minimum Gasteiger partial charge on any atom is -0.506 e. The molecule has 0 aliphatic rings. The van der Waals surface area contributed by atoms with Gasteiger partial charge < -0.3 is 25.4 Å². The van der Waals surface area contributed by atoms with Gasteiger partial charge in [0, 0.05) is 13.1 Å². The van der Waals surface area contributed by atoms with Gasteiger partial charge in [-0.05, 0) is 84.5 Å². The van der Waals surface area contributed by atoms with Gasteiger partial charge in [-0.1, -0.05) is 18.2 Å². The van der Waals surface area contributed by atoms with Crippen LogP contribution < -0.4 is 14.8 Å². The van der Waals surface area contributed by atoms with E-state index < -0.39 is 22.1 Å². The normalized spacial score (nSPS) is 12.2. The van der Waals surface area contributed by atoms with Gasteiger partial charge in [-0.25, -0.2) is 13.2 Å². The maximum absolute atomic E-state index is 11.5. The molecule has 0 heterocycles. The molecule has 0 saturated carbocycles. The molecule has 0 unspecified atom stereocenters. The number of aliphatic hydroxyl groups excluding tert-OH is 1. The lowest BCUT2D eigenvalue weighted by Crippen LogP contribution is -2.26. The summed E-state index contributed by atoms with van der Waals surface area (Å²) in [5.74, 6) is -0.442. The van der Waals surface area contributed by atoms with Crippen molar-refractivity contribution < 1.29 is 33.3 Å². The fourth-order valence-electron chi connectivity index (χ4n) is 4.05. The van der Waals surface area contributed by atoms with E-state index in [2.05, 4.69) is 10.0 Å². The number of sulfonamides is 1. The summed E-state index contributed by atoms with van der Waals surface area (Å²) in [7, 11) is -3.57. The molecule has 0 fully saturated rings. The van der Waals surface area contributed by atoms with Gasteiger partial charge >= 0.3 is 5.97 Å². The molecule has 0 radical (unpaired) electrons. The van der Waals surface area contributed by atoms with Gasteiger partial charge in [0.2, 0.25) is 10.0 Å². The van der Waals surface area contributed by atoms with E-state index in [-0.39, 0.29) is 23.5 Å². The maximum Gasteiger partial charge on any atom is 0.335 e. The van der Waals surface area contributed by atoms with E-state index in [1.807, 2.05) is 39.0 Å². The summed E-state index contributed by atoms with van der Waals surface area (Å²) in [6, 6.07) is 13.0. The maximum atomic E-state index is 11.5. The summed E-state index contributed by atoms with van der Waals surface area (Å²) in [6.45, 7) is 6.99. The molecule has 0 saturated heterocycles. The Morgan fingerprint density at radius 2 is 1.70 bits per heavy atom. The topological polar surface area (TPSA) is 145 Å². The zero-order valence-corrected chi connectivity index (χ0v) is 22.0. The molecule has 0 amide bonds. The second-order valence-corrected chi connectivity index (χ2v) is 10.7. The molecular formula is C27H32N2O7S. The minimum absolute atomic E-state index is 0.00451. The average Bonchev–Trinajstić information content (AvgIpc) is 2.82. The molecule has 0 aliphatic heterocycles. The molecular weight excluding hydrogens is 496 g/mol. The van der Waals surface area contributed by atoms with Crippen molar-refractivity contribution in [1.82, 2.24) is 5.32 Å².